The van der Waals surface area contributed by atoms with Crippen LogP contribution in [0.4, 0.5) is 13.2 Å². The maximum Gasteiger partial charge on any atom is 0.416 e. The number of benzene rings is 2. The second-order valence-corrected chi connectivity index (χ2v) is 11.6. The predicted octanol–water partition coefficient (Wildman–Crippen LogP) is 9.44. The van der Waals surface area contributed by atoms with Gasteiger partial charge in [-0.05, 0) is 48.7 Å². The van der Waals surface area contributed by atoms with Crippen molar-refractivity contribution < 1.29 is 32.2 Å². The van der Waals surface area contributed by atoms with E-state index >= 15 is 0 Å². The number of ether oxygens (including phenoxy) is 1. The lowest BCUT2D eigenvalue weighted by atomic mass is 10.0. The smallest absolute Gasteiger partial charge is 0.416 e. The molecule has 5 nitrogen and oxygen atoms in total. The predicted molar refractivity (Wildman–Crippen MR) is 165 cm³/mol. The molecule has 3 rings (SSSR count). The number of thioether (sulfide) groups is 1. The molecule has 2 aromatic carbocycles. The lowest BCUT2D eigenvalue weighted by Gasteiger charge is -2.21. The molecule has 1 N–H and O–H groups in total. The third-order valence-electron chi connectivity index (χ3n) is 7.00. The van der Waals surface area contributed by atoms with E-state index in [9.17, 15) is 27.9 Å². The van der Waals surface area contributed by atoms with Gasteiger partial charge in [0.2, 0.25) is 5.76 Å². The highest BCUT2D eigenvalue weighted by atomic mass is 32.2. The topological polar surface area (TPSA) is 76.7 Å². The van der Waals surface area contributed by atoms with Gasteiger partial charge in [-0.3, -0.25) is 4.79 Å². The van der Waals surface area contributed by atoms with Crippen LogP contribution in [0.1, 0.15) is 92.5 Å². The SMILES string of the molecule is CCCCCCCCCCC=CC=C[C@@H](Sc1ccc2c(=O)cc(C(=O)OC)oc2c1)[C@@H](O)c1cccc(C(F)(F)F)c1. The van der Waals surface area contributed by atoms with Gasteiger partial charge in [-0.25, -0.2) is 4.79 Å². The molecule has 0 aliphatic carbocycles. The Balaban J connectivity index is 1.77. The summed E-state index contributed by atoms with van der Waals surface area (Å²) in [5.74, 6) is -1.04. The molecule has 3 aromatic rings. The lowest BCUT2D eigenvalue weighted by Crippen LogP contribution is -2.14. The summed E-state index contributed by atoms with van der Waals surface area (Å²) in [4.78, 5) is 25.0. The highest BCUT2D eigenvalue weighted by Crippen LogP contribution is 2.37. The van der Waals surface area contributed by atoms with E-state index < -0.39 is 34.5 Å². The van der Waals surface area contributed by atoms with Crippen molar-refractivity contribution in [1.29, 1.82) is 0 Å². The number of allylic oxidation sites excluding steroid dienone is 3. The molecule has 0 amide bonds. The number of aliphatic hydroxyl groups excluding tert-OH is 1. The number of alkyl halides is 3. The zero-order chi connectivity index (χ0) is 31.2. The number of carbonyl (C=O) groups excluding carboxylic acids is 1. The minimum Gasteiger partial charge on any atom is -0.463 e. The summed E-state index contributed by atoms with van der Waals surface area (Å²) in [5.41, 5.74) is -0.982. The highest BCUT2D eigenvalue weighted by molar-refractivity contribution is 8.00. The number of hydrogen-bond donors (Lipinski definition) is 1. The Morgan fingerprint density at radius 1 is 1.00 bits per heavy atom. The molecule has 0 aliphatic heterocycles. The number of rotatable bonds is 16. The first-order chi connectivity index (χ1) is 20.6. The van der Waals surface area contributed by atoms with Crippen LogP contribution in [-0.4, -0.2) is 23.4 Å². The summed E-state index contributed by atoms with van der Waals surface area (Å²) in [6.45, 7) is 2.21. The minimum absolute atomic E-state index is 0.125. The summed E-state index contributed by atoms with van der Waals surface area (Å²) >= 11 is 1.20. The zero-order valence-corrected chi connectivity index (χ0v) is 25.4. The Labute approximate surface area is 254 Å². The molecule has 0 radical (unpaired) electrons. The molecule has 9 heteroatoms. The molecule has 1 heterocycles. The molecule has 0 bridgehead atoms. The van der Waals surface area contributed by atoms with E-state index in [1.54, 1.807) is 30.4 Å². The second kappa shape index (κ2) is 17.1. The maximum absolute atomic E-state index is 13.4. The van der Waals surface area contributed by atoms with Crippen molar-refractivity contribution in [1.82, 2.24) is 0 Å². The van der Waals surface area contributed by atoms with Crippen molar-refractivity contribution in [3.8, 4) is 0 Å². The molecule has 0 spiro atoms. The van der Waals surface area contributed by atoms with Crippen LogP contribution in [-0.2, 0) is 10.9 Å². The van der Waals surface area contributed by atoms with Crippen LogP contribution in [0, 0.1) is 0 Å². The van der Waals surface area contributed by atoms with Crippen LogP contribution < -0.4 is 5.43 Å². The maximum atomic E-state index is 13.4. The first-order valence-electron chi connectivity index (χ1n) is 14.7. The van der Waals surface area contributed by atoms with Gasteiger partial charge in [0.25, 0.3) is 0 Å². The zero-order valence-electron chi connectivity index (χ0n) is 24.6. The van der Waals surface area contributed by atoms with Crippen LogP contribution in [0.2, 0.25) is 0 Å². The molecular weight excluding hydrogens is 577 g/mol. The number of methoxy groups -OCH3 is 1. The summed E-state index contributed by atoms with van der Waals surface area (Å²) < 4.78 is 50.3. The third-order valence-corrected chi connectivity index (χ3v) is 8.21. The summed E-state index contributed by atoms with van der Waals surface area (Å²) in [6, 6.07) is 10.5. The Kier molecular flexibility index (Phi) is 13.6. The van der Waals surface area contributed by atoms with Crippen molar-refractivity contribution >= 4 is 28.7 Å². The van der Waals surface area contributed by atoms with Crippen molar-refractivity contribution in [3.05, 3.63) is 99.9 Å². The standard InChI is InChI=1S/C34H39F3O5S/c1-3-4-5-6-7-8-9-10-11-12-13-14-18-31(32(39)24-16-15-17-25(21-24)34(35,36)37)43-26-19-20-27-28(38)23-30(33(40)41-2)42-29(27)22-26/h12-23,31-32,39H,3-11H2,1-2H3/t31-,32+/m1/s1. The largest absolute Gasteiger partial charge is 0.463 e. The Morgan fingerprint density at radius 3 is 2.42 bits per heavy atom. The van der Waals surface area contributed by atoms with Crippen molar-refractivity contribution in [3.63, 3.8) is 0 Å². The number of fused-ring (bicyclic) bond motifs is 1. The Hall–Kier alpha value is -3.30. The summed E-state index contributed by atoms with van der Waals surface area (Å²) in [6.07, 6.45) is 12.4. The molecule has 0 fully saturated rings. The van der Waals surface area contributed by atoms with Crippen LogP contribution in [0.25, 0.3) is 11.0 Å². The lowest BCUT2D eigenvalue weighted by molar-refractivity contribution is -0.137. The number of aliphatic hydroxyl groups is 1. The fourth-order valence-corrected chi connectivity index (χ4v) is 5.70. The molecule has 0 saturated heterocycles. The van der Waals surface area contributed by atoms with Crippen LogP contribution in [0.5, 0.6) is 0 Å². The van der Waals surface area contributed by atoms with Gasteiger partial charge >= 0.3 is 12.1 Å². The van der Waals surface area contributed by atoms with E-state index in [1.165, 1.54) is 76.0 Å². The fraction of sp³-hybridized carbons (Fsp3) is 0.412. The molecule has 2 atom stereocenters. The van der Waals surface area contributed by atoms with Gasteiger partial charge in [0.1, 0.15) is 5.58 Å². The molecule has 0 aliphatic rings. The van der Waals surface area contributed by atoms with Gasteiger partial charge in [0.05, 0.1) is 29.4 Å². The van der Waals surface area contributed by atoms with E-state index in [2.05, 4.69) is 11.7 Å². The van der Waals surface area contributed by atoms with Gasteiger partial charge in [0.15, 0.2) is 5.43 Å². The quantitative estimate of drug-likeness (QED) is 0.0748. The van der Waals surface area contributed by atoms with Crippen molar-refractivity contribution in [2.24, 2.45) is 0 Å². The van der Waals surface area contributed by atoms with Crippen molar-refractivity contribution in [2.45, 2.75) is 87.1 Å². The van der Waals surface area contributed by atoms with E-state index in [0.717, 1.165) is 31.0 Å². The van der Waals surface area contributed by atoms with E-state index in [0.29, 0.717) is 4.90 Å². The Bertz CT molecular complexity index is 1440. The number of carbonyl (C=O) groups is 1. The average molecular weight is 617 g/mol. The monoisotopic (exact) mass is 616 g/mol. The van der Waals surface area contributed by atoms with Gasteiger partial charge in [0, 0.05) is 11.0 Å². The highest BCUT2D eigenvalue weighted by Gasteiger charge is 2.31. The summed E-state index contributed by atoms with van der Waals surface area (Å²) in [5, 5.41) is 10.8. The Morgan fingerprint density at radius 2 is 1.72 bits per heavy atom. The van der Waals surface area contributed by atoms with Gasteiger partial charge < -0.3 is 14.3 Å². The number of hydrogen-bond acceptors (Lipinski definition) is 6. The van der Waals surface area contributed by atoms with Gasteiger partial charge in [-0.2, -0.15) is 13.2 Å². The number of unbranched alkanes of at least 4 members (excludes halogenated alkanes) is 8. The molecular formula is C34H39F3O5S. The molecule has 0 saturated carbocycles. The minimum atomic E-state index is -4.54. The third kappa shape index (κ3) is 10.7. The molecule has 232 valence electrons. The van der Waals surface area contributed by atoms with Gasteiger partial charge in [-0.15, -0.1) is 11.8 Å². The first-order valence-corrected chi connectivity index (χ1v) is 15.5. The van der Waals surface area contributed by atoms with E-state index in [1.807, 2.05) is 12.2 Å². The number of halogens is 3. The fourth-order valence-electron chi connectivity index (χ4n) is 4.61. The van der Waals surface area contributed by atoms with E-state index in [4.69, 9.17) is 4.42 Å². The molecule has 0 unspecified atom stereocenters. The molecule has 1 aromatic heterocycles. The first kappa shape index (κ1) is 34.2. The van der Waals surface area contributed by atoms with Crippen LogP contribution >= 0.6 is 11.8 Å². The van der Waals surface area contributed by atoms with E-state index in [-0.39, 0.29) is 22.3 Å². The van der Waals surface area contributed by atoms with Crippen LogP contribution in [0.3, 0.4) is 0 Å². The number of esters is 1. The summed E-state index contributed by atoms with van der Waals surface area (Å²) in [7, 11) is 1.18. The average Bonchev–Trinajstić information content (AvgIpc) is 2.99. The van der Waals surface area contributed by atoms with Gasteiger partial charge in [-0.1, -0.05) is 88.3 Å². The molecule has 43 heavy (non-hydrogen) atoms. The normalized spacial score (nSPS) is 13.6. The second-order valence-electron chi connectivity index (χ2n) is 10.4. The van der Waals surface area contributed by atoms with Crippen LogP contribution in [0.15, 0.2) is 86.9 Å². The van der Waals surface area contributed by atoms with Crippen molar-refractivity contribution in [2.75, 3.05) is 7.11 Å².